The van der Waals surface area contributed by atoms with Gasteiger partial charge in [0.05, 0.1) is 11.6 Å². The molecule has 0 atom stereocenters. The lowest BCUT2D eigenvalue weighted by Crippen LogP contribution is -1.78. The summed E-state index contributed by atoms with van der Waals surface area (Å²) in [5.74, 6) is 0. The number of hydrogen-bond donors (Lipinski definition) is 0. The van der Waals surface area contributed by atoms with Gasteiger partial charge in [0.25, 0.3) is 0 Å². The number of hydrogen-bond acceptors (Lipinski definition) is 2. The summed E-state index contributed by atoms with van der Waals surface area (Å²) >= 11 is 5.27. The number of halogens is 1. The van der Waals surface area contributed by atoms with Crippen molar-refractivity contribution in [2.45, 2.75) is 13.3 Å². The zero-order valence-corrected chi connectivity index (χ0v) is 10.5. The first-order valence-corrected chi connectivity index (χ1v) is 6.12. The molecule has 14 heavy (non-hydrogen) atoms. The maximum Gasteiger partial charge on any atom is 0.189 e. The molecule has 0 saturated heterocycles. The minimum Gasteiger partial charge on any atom is -0.486 e. The summed E-state index contributed by atoms with van der Waals surface area (Å²) in [5, 5.41) is 2.21. The van der Waals surface area contributed by atoms with Gasteiger partial charge in [0.1, 0.15) is 0 Å². The van der Waals surface area contributed by atoms with E-state index in [1.165, 1.54) is 15.6 Å². The molecule has 74 valence electrons. The van der Waals surface area contributed by atoms with E-state index in [9.17, 15) is 0 Å². The second kappa shape index (κ2) is 3.91. The minimum atomic E-state index is 0.959. The zero-order chi connectivity index (χ0) is 10.1. The van der Waals surface area contributed by atoms with Crippen LogP contribution in [0.15, 0.2) is 22.7 Å². The molecule has 1 aromatic carbocycles. The Labute approximate surface area is 95.8 Å². The summed E-state index contributed by atoms with van der Waals surface area (Å²) in [5.41, 5.74) is 1.39. The van der Waals surface area contributed by atoms with Crippen molar-refractivity contribution in [3.63, 3.8) is 0 Å². The van der Waals surface area contributed by atoms with Crippen LogP contribution in [0.3, 0.4) is 0 Å². The standard InChI is InChI=1S/C11H11BrOS/c1-3-7-5-4-6-8-9(12)11(13-2)14-10(7)8/h4-6H,3H2,1-2H3. The summed E-state index contributed by atoms with van der Waals surface area (Å²) in [6.07, 6.45) is 1.06. The van der Waals surface area contributed by atoms with Gasteiger partial charge in [0.2, 0.25) is 0 Å². The van der Waals surface area contributed by atoms with Crippen LogP contribution in [0.2, 0.25) is 0 Å². The van der Waals surface area contributed by atoms with Crippen LogP contribution in [0.1, 0.15) is 12.5 Å². The molecule has 0 aliphatic rings. The molecule has 2 aromatic rings. The van der Waals surface area contributed by atoms with Crippen molar-refractivity contribution in [3.8, 4) is 5.06 Å². The van der Waals surface area contributed by atoms with Crippen molar-refractivity contribution in [2.24, 2.45) is 0 Å². The van der Waals surface area contributed by atoms with Crippen LogP contribution >= 0.6 is 27.3 Å². The molecule has 0 saturated carbocycles. The third-order valence-corrected chi connectivity index (χ3v) is 4.57. The fraction of sp³-hybridized carbons (Fsp3) is 0.273. The molecule has 0 N–H and O–H groups in total. The Kier molecular flexibility index (Phi) is 2.79. The number of benzene rings is 1. The van der Waals surface area contributed by atoms with Gasteiger partial charge in [-0.3, -0.25) is 0 Å². The second-order valence-corrected chi connectivity index (χ2v) is 4.83. The first-order chi connectivity index (χ1) is 6.77. The van der Waals surface area contributed by atoms with Gasteiger partial charge in [-0.15, -0.1) is 0 Å². The molecule has 1 nitrogen and oxygen atoms in total. The molecular formula is C11H11BrOS. The van der Waals surface area contributed by atoms with Crippen LogP contribution in [0, 0.1) is 0 Å². The van der Waals surface area contributed by atoms with Gasteiger partial charge in [-0.2, -0.15) is 0 Å². The van der Waals surface area contributed by atoms with Crippen molar-refractivity contribution in [1.29, 1.82) is 0 Å². The van der Waals surface area contributed by atoms with Crippen molar-refractivity contribution in [2.75, 3.05) is 7.11 Å². The van der Waals surface area contributed by atoms with Crippen molar-refractivity contribution in [1.82, 2.24) is 0 Å². The summed E-state index contributed by atoms with van der Waals surface area (Å²) < 4.78 is 7.71. The molecule has 0 aliphatic heterocycles. The Bertz CT molecular complexity index is 462. The van der Waals surface area contributed by atoms with Gasteiger partial charge >= 0.3 is 0 Å². The molecule has 0 bridgehead atoms. The summed E-state index contributed by atoms with van der Waals surface area (Å²) in [6, 6.07) is 6.39. The maximum atomic E-state index is 5.30. The van der Waals surface area contributed by atoms with Gasteiger partial charge in [-0.25, -0.2) is 0 Å². The van der Waals surface area contributed by atoms with Gasteiger partial charge < -0.3 is 4.74 Å². The smallest absolute Gasteiger partial charge is 0.189 e. The normalized spacial score (nSPS) is 10.8. The molecule has 0 amide bonds. The fourth-order valence-electron chi connectivity index (χ4n) is 1.54. The number of fused-ring (bicyclic) bond motifs is 1. The Balaban J connectivity index is 2.77. The molecule has 0 fully saturated rings. The lowest BCUT2D eigenvalue weighted by Gasteiger charge is -1.96. The van der Waals surface area contributed by atoms with E-state index in [0.29, 0.717) is 0 Å². The van der Waals surface area contributed by atoms with Crippen LogP contribution in [-0.2, 0) is 6.42 Å². The van der Waals surface area contributed by atoms with Crippen molar-refractivity contribution >= 4 is 37.4 Å². The highest BCUT2D eigenvalue weighted by Gasteiger charge is 2.11. The third kappa shape index (κ3) is 1.44. The molecule has 0 aliphatic carbocycles. The quantitative estimate of drug-likeness (QED) is 0.794. The van der Waals surface area contributed by atoms with Crippen LogP contribution in [0.4, 0.5) is 0 Å². The predicted molar refractivity (Wildman–Crippen MR) is 65.5 cm³/mol. The van der Waals surface area contributed by atoms with E-state index in [-0.39, 0.29) is 0 Å². The highest BCUT2D eigenvalue weighted by atomic mass is 79.9. The molecule has 1 aromatic heterocycles. The number of ether oxygens (including phenoxy) is 1. The Morgan fingerprint density at radius 2 is 2.21 bits per heavy atom. The molecule has 0 unspecified atom stereocenters. The third-order valence-electron chi connectivity index (χ3n) is 2.27. The number of thiophene rings is 1. The zero-order valence-electron chi connectivity index (χ0n) is 8.13. The van der Waals surface area contributed by atoms with Crippen molar-refractivity contribution < 1.29 is 4.74 Å². The average molecular weight is 271 g/mol. The fourth-order valence-corrected chi connectivity index (χ4v) is 3.49. The SMILES string of the molecule is CCc1cccc2c(Br)c(OC)sc12. The van der Waals surface area contributed by atoms with Crippen molar-refractivity contribution in [3.05, 3.63) is 28.2 Å². The minimum absolute atomic E-state index is 0.959. The molecule has 0 radical (unpaired) electrons. The van der Waals surface area contributed by atoms with Gasteiger partial charge in [-0.05, 0) is 27.9 Å². The van der Waals surface area contributed by atoms with Gasteiger partial charge in [-0.1, -0.05) is 36.5 Å². The lowest BCUT2D eigenvalue weighted by atomic mass is 10.1. The molecule has 3 heteroatoms. The highest BCUT2D eigenvalue weighted by molar-refractivity contribution is 9.10. The maximum absolute atomic E-state index is 5.30. The molecule has 2 rings (SSSR count). The van der Waals surface area contributed by atoms with E-state index in [0.717, 1.165) is 16.0 Å². The van der Waals surface area contributed by atoms with Crippen LogP contribution in [0.25, 0.3) is 10.1 Å². The molecular weight excluding hydrogens is 260 g/mol. The van der Waals surface area contributed by atoms with Gasteiger partial charge in [0, 0.05) is 10.1 Å². The summed E-state index contributed by atoms with van der Waals surface area (Å²) in [7, 11) is 1.71. The van der Waals surface area contributed by atoms with Gasteiger partial charge in [0.15, 0.2) is 5.06 Å². The number of aryl methyl sites for hydroxylation is 1. The van der Waals surface area contributed by atoms with E-state index < -0.39 is 0 Å². The first kappa shape index (κ1) is 9.99. The molecule has 1 heterocycles. The topological polar surface area (TPSA) is 9.23 Å². The lowest BCUT2D eigenvalue weighted by molar-refractivity contribution is 0.425. The predicted octanol–water partition coefficient (Wildman–Crippen LogP) is 4.23. The Morgan fingerprint density at radius 3 is 2.86 bits per heavy atom. The van der Waals surface area contributed by atoms with E-state index in [4.69, 9.17) is 4.74 Å². The summed E-state index contributed by atoms with van der Waals surface area (Å²) in [6.45, 7) is 2.18. The monoisotopic (exact) mass is 270 g/mol. The van der Waals surface area contributed by atoms with E-state index in [1.807, 2.05) is 0 Å². The Hall–Kier alpha value is -0.540. The number of methoxy groups -OCH3 is 1. The highest BCUT2D eigenvalue weighted by Crippen LogP contribution is 2.42. The second-order valence-electron chi connectivity index (χ2n) is 3.06. The van der Waals surface area contributed by atoms with Crippen LogP contribution in [0.5, 0.6) is 5.06 Å². The average Bonchev–Trinajstić information content (AvgIpc) is 2.55. The number of rotatable bonds is 2. The van der Waals surface area contributed by atoms with E-state index in [1.54, 1.807) is 18.4 Å². The Morgan fingerprint density at radius 1 is 1.43 bits per heavy atom. The first-order valence-electron chi connectivity index (χ1n) is 4.51. The van der Waals surface area contributed by atoms with E-state index >= 15 is 0 Å². The summed E-state index contributed by atoms with van der Waals surface area (Å²) in [4.78, 5) is 0. The molecule has 0 spiro atoms. The van der Waals surface area contributed by atoms with Crippen LogP contribution in [-0.4, -0.2) is 7.11 Å². The van der Waals surface area contributed by atoms with Crippen LogP contribution < -0.4 is 4.74 Å². The largest absolute Gasteiger partial charge is 0.486 e. The van der Waals surface area contributed by atoms with E-state index in [2.05, 4.69) is 41.1 Å².